The van der Waals surface area contributed by atoms with E-state index < -0.39 is 0 Å². The number of hydrogen-bond donors (Lipinski definition) is 0. The summed E-state index contributed by atoms with van der Waals surface area (Å²) in [5.74, 6) is 1.42. The van der Waals surface area contributed by atoms with Crippen LogP contribution in [0, 0.1) is 0 Å². The molecule has 5 rings (SSSR count). The molecule has 1 aliphatic rings. The fourth-order valence-electron chi connectivity index (χ4n) is 3.83. The van der Waals surface area contributed by atoms with Gasteiger partial charge in [-0.2, -0.15) is 14.6 Å². The molecule has 1 aliphatic heterocycles. The quantitative estimate of drug-likeness (QED) is 0.468. The Labute approximate surface area is 188 Å². The fraction of sp³-hybridized carbons (Fsp3) is 0.182. The molecule has 2 aromatic carbocycles. The van der Waals surface area contributed by atoms with Crippen LogP contribution < -0.4 is 4.90 Å². The number of halogens is 2. The van der Waals surface area contributed by atoms with Crippen molar-refractivity contribution >= 4 is 40.7 Å². The molecule has 9 heteroatoms. The van der Waals surface area contributed by atoms with Crippen molar-refractivity contribution in [3.05, 3.63) is 76.7 Å². The van der Waals surface area contributed by atoms with Crippen LogP contribution in [0.1, 0.15) is 10.4 Å². The van der Waals surface area contributed by atoms with Gasteiger partial charge in [0.2, 0.25) is 0 Å². The van der Waals surface area contributed by atoms with Crippen molar-refractivity contribution in [1.82, 2.24) is 24.5 Å². The van der Waals surface area contributed by atoms with E-state index in [-0.39, 0.29) is 5.91 Å². The van der Waals surface area contributed by atoms with E-state index in [9.17, 15) is 4.79 Å². The summed E-state index contributed by atoms with van der Waals surface area (Å²) in [6.45, 7) is 2.47. The lowest BCUT2D eigenvalue weighted by atomic mass is 10.1. The number of carbonyl (C=O) groups excluding carboxylic acids is 1. The zero-order chi connectivity index (χ0) is 21.4. The maximum absolute atomic E-state index is 12.9. The maximum Gasteiger partial charge on any atom is 0.254 e. The Hall–Kier alpha value is -3.16. The van der Waals surface area contributed by atoms with Crippen LogP contribution in [0.3, 0.4) is 0 Å². The predicted molar refractivity (Wildman–Crippen MR) is 121 cm³/mol. The van der Waals surface area contributed by atoms with Crippen molar-refractivity contribution in [2.75, 3.05) is 31.1 Å². The number of aromatic nitrogens is 4. The van der Waals surface area contributed by atoms with E-state index in [0.717, 1.165) is 16.9 Å². The highest BCUT2D eigenvalue weighted by Gasteiger charge is 2.26. The normalized spacial score (nSPS) is 14.3. The second-order valence-corrected chi connectivity index (χ2v) is 8.06. The molecule has 1 fully saturated rings. The molecular formula is C22H18Cl2N6O. The zero-order valence-corrected chi connectivity index (χ0v) is 18.0. The summed E-state index contributed by atoms with van der Waals surface area (Å²) in [6, 6.07) is 15.1. The molecule has 0 spiro atoms. The Balaban J connectivity index is 1.42. The van der Waals surface area contributed by atoms with E-state index in [0.29, 0.717) is 47.6 Å². The van der Waals surface area contributed by atoms with Crippen LogP contribution in [0.4, 0.5) is 5.82 Å². The molecule has 31 heavy (non-hydrogen) atoms. The smallest absolute Gasteiger partial charge is 0.254 e. The van der Waals surface area contributed by atoms with Crippen LogP contribution in [-0.2, 0) is 0 Å². The average Bonchev–Trinajstić information content (AvgIpc) is 3.29. The van der Waals surface area contributed by atoms with Crippen molar-refractivity contribution in [2.45, 2.75) is 0 Å². The van der Waals surface area contributed by atoms with Crippen molar-refractivity contribution in [1.29, 1.82) is 0 Å². The second-order valence-electron chi connectivity index (χ2n) is 7.24. The third kappa shape index (κ3) is 3.71. The van der Waals surface area contributed by atoms with Gasteiger partial charge in [0.15, 0.2) is 0 Å². The van der Waals surface area contributed by atoms with Gasteiger partial charge in [0.05, 0.1) is 10.0 Å². The average molecular weight is 453 g/mol. The van der Waals surface area contributed by atoms with E-state index in [1.807, 2.05) is 41.4 Å². The van der Waals surface area contributed by atoms with Crippen LogP contribution in [-0.4, -0.2) is 56.6 Å². The standard InChI is InChI=1S/C22H18Cl2N6O/c23-18-7-6-16(12-19(18)24)21(31)29-10-8-28(9-11-29)20-17(15-4-2-1-3-5-15)13-25-22-26-14-27-30(20)22/h1-7,12-14H,8-11H2. The van der Waals surface area contributed by atoms with Gasteiger partial charge in [0.25, 0.3) is 11.7 Å². The number of nitrogens with zero attached hydrogens (tertiary/aromatic N) is 6. The second kappa shape index (κ2) is 8.17. The van der Waals surface area contributed by atoms with Crippen LogP contribution >= 0.6 is 23.2 Å². The fourth-order valence-corrected chi connectivity index (χ4v) is 4.12. The number of piperazine rings is 1. The first-order valence-electron chi connectivity index (χ1n) is 9.85. The monoisotopic (exact) mass is 452 g/mol. The highest BCUT2D eigenvalue weighted by atomic mass is 35.5. The lowest BCUT2D eigenvalue weighted by molar-refractivity contribution is 0.0746. The van der Waals surface area contributed by atoms with Crippen LogP contribution in [0.25, 0.3) is 16.9 Å². The Morgan fingerprint density at radius 1 is 0.903 bits per heavy atom. The molecule has 0 N–H and O–H groups in total. The molecule has 1 saturated heterocycles. The van der Waals surface area contributed by atoms with Gasteiger partial charge in [-0.15, -0.1) is 0 Å². The van der Waals surface area contributed by atoms with Gasteiger partial charge >= 0.3 is 0 Å². The minimum Gasteiger partial charge on any atom is -0.352 e. The first-order valence-corrected chi connectivity index (χ1v) is 10.6. The highest BCUT2D eigenvalue weighted by molar-refractivity contribution is 6.42. The zero-order valence-electron chi connectivity index (χ0n) is 16.4. The van der Waals surface area contributed by atoms with Crippen molar-refractivity contribution in [2.24, 2.45) is 0 Å². The number of carbonyl (C=O) groups is 1. The van der Waals surface area contributed by atoms with Gasteiger partial charge in [-0.05, 0) is 23.8 Å². The lowest BCUT2D eigenvalue weighted by Crippen LogP contribution is -2.49. The van der Waals surface area contributed by atoms with E-state index in [2.05, 4.69) is 20.0 Å². The van der Waals surface area contributed by atoms with Crippen molar-refractivity contribution in [3.63, 3.8) is 0 Å². The molecule has 1 amide bonds. The Morgan fingerprint density at radius 2 is 1.68 bits per heavy atom. The minimum absolute atomic E-state index is 0.0536. The maximum atomic E-state index is 12.9. The van der Waals surface area contributed by atoms with Gasteiger partial charge < -0.3 is 9.80 Å². The number of rotatable bonds is 3. The predicted octanol–water partition coefficient (Wildman–Crippen LogP) is 4.06. The summed E-state index contributed by atoms with van der Waals surface area (Å²) in [6.07, 6.45) is 3.34. The van der Waals surface area contributed by atoms with Crippen LogP contribution in [0.15, 0.2) is 61.1 Å². The SMILES string of the molecule is O=C(c1ccc(Cl)c(Cl)c1)N1CCN(c2c(-c3ccccc3)cnc3ncnn23)CC1. The molecule has 0 radical (unpaired) electrons. The molecule has 0 unspecified atom stereocenters. The molecule has 0 aliphatic carbocycles. The van der Waals surface area contributed by atoms with Crippen LogP contribution in [0.2, 0.25) is 10.0 Å². The van der Waals surface area contributed by atoms with E-state index in [1.54, 1.807) is 22.7 Å². The number of anilines is 1. The van der Waals surface area contributed by atoms with Gasteiger partial charge in [-0.3, -0.25) is 4.79 Å². The van der Waals surface area contributed by atoms with Crippen molar-refractivity contribution in [3.8, 4) is 11.1 Å². The van der Waals surface area contributed by atoms with Crippen molar-refractivity contribution < 1.29 is 4.79 Å². The number of hydrogen-bond acceptors (Lipinski definition) is 5. The largest absolute Gasteiger partial charge is 0.352 e. The molecule has 3 heterocycles. The Bertz CT molecular complexity index is 1250. The molecule has 2 aromatic heterocycles. The number of amides is 1. The highest BCUT2D eigenvalue weighted by Crippen LogP contribution is 2.31. The minimum atomic E-state index is -0.0536. The van der Waals surface area contributed by atoms with Gasteiger partial charge in [0.1, 0.15) is 12.1 Å². The topological polar surface area (TPSA) is 66.6 Å². The summed E-state index contributed by atoms with van der Waals surface area (Å²) in [4.78, 5) is 25.7. The molecule has 0 atom stereocenters. The summed E-state index contributed by atoms with van der Waals surface area (Å²) < 4.78 is 1.76. The lowest BCUT2D eigenvalue weighted by Gasteiger charge is -2.36. The molecule has 0 saturated carbocycles. The molecular weight excluding hydrogens is 435 g/mol. The molecule has 156 valence electrons. The summed E-state index contributed by atoms with van der Waals surface area (Å²) >= 11 is 12.1. The number of benzene rings is 2. The molecule has 7 nitrogen and oxygen atoms in total. The van der Waals surface area contributed by atoms with E-state index in [4.69, 9.17) is 23.2 Å². The Morgan fingerprint density at radius 3 is 2.42 bits per heavy atom. The first kappa shape index (κ1) is 19.8. The van der Waals surface area contributed by atoms with Gasteiger partial charge in [-0.25, -0.2) is 4.98 Å². The molecule has 4 aromatic rings. The summed E-state index contributed by atoms with van der Waals surface area (Å²) in [5.41, 5.74) is 2.56. The third-order valence-electron chi connectivity index (χ3n) is 5.40. The summed E-state index contributed by atoms with van der Waals surface area (Å²) in [7, 11) is 0. The van der Waals surface area contributed by atoms with Gasteiger partial charge in [0, 0.05) is 43.5 Å². The summed E-state index contributed by atoms with van der Waals surface area (Å²) in [5, 5.41) is 5.21. The van der Waals surface area contributed by atoms with Crippen LogP contribution in [0.5, 0.6) is 0 Å². The Kier molecular flexibility index (Phi) is 5.21. The third-order valence-corrected chi connectivity index (χ3v) is 6.14. The molecule has 0 bridgehead atoms. The first-order chi connectivity index (χ1) is 15.1. The van der Waals surface area contributed by atoms with E-state index >= 15 is 0 Å². The van der Waals surface area contributed by atoms with E-state index in [1.165, 1.54) is 6.33 Å². The van der Waals surface area contributed by atoms with Gasteiger partial charge in [-0.1, -0.05) is 53.5 Å². The number of fused-ring (bicyclic) bond motifs is 1.